The van der Waals surface area contributed by atoms with Crippen LogP contribution in [0.25, 0.3) is 0 Å². The zero-order chi connectivity index (χ0) is 13.8. The zero-order valence-corrected chi connectivity index (χ0v) is 10.9. The molecule has 1 aromatic heterocycles. The molecule has 7 heteroatoms. The van der Waals surface area contributed by atoms with Gasteiger partial charge in [0, 0.05) is 25.3 Å². The number of likely N-dealkylation sites (tertiary alicyclic amines) is 1. The van der Waals surface area contributed by atoms with Crippen LogP contribution in [0.4, 0.5) is 4.79 Å². The Kier molecular flexibility index (Phi) is 4.21. The number of aromatic nitrogens is 1. The van der Waals surface area contributed by atoms with Crippen LogP contribution in [0.2, 0.25) is 5.15 Å². The van der Waals surface area contributed by atoms with E-state index in [2.05, 4.69) is 10.3 Å². The van der Waals surface area contributed by atoms with Crippen molar-refractivity contribution in [2.45, 2.75) is 18.9 Å². The molecule has 6 nitrogen and oxygen atoms in total. The summed E-state index contributed by atoms with van der Waals surface area (Å²) in [7, 11) is 0. The van der Waals surface area contributed by atoms with E-state index in [9.17, 15) is 9.59 Å². The van der Waals surface area contributed by atoms with E-state index < -0.39 is 6.09 Å². The van der Waals surface area contributed by atoms with Gasteiger partial charge >= 0.3 is 6.09 Å². The van der Waals surface area contributed by atoms with Crippen molar-refractivity contribution in [1.82, 2.24) is 15.2 Å². The van der Waals surface area contributed by atoms with Crippen LogP contribution in [0.15, 0.2) is 18.3 Å². The number of carboxylic acid groups (broad SMARTS) is 1. The molecular formula is C12H14ClN3O3. The Labute approximate surface area is 115 Å². The highest BCUT2D eigenvalue weighted by Gasteiger charge is 2.25. The fourth-order valence-corrected chi connectivity index (χ4v) is 2.32. The van der Waals surface area contributed by atoms with Crippen molar-refractivity contribution < 1.29 is 14.7 Å². The van der Waals surface area contributed by atoms with Crippen LogP contribution >= 0.6 is 11.6 Å². The second kappa shape index (κ2) is 5.88. The molecule has 2 N–H and O–H groups in total. The van der Waals surface area contributed by atoms with E-state index in [1.807, 2.05) is 0 Å². The molecule has 1 aromatic rings. The van der Waals surface area contributed by atoms with Crippen LogP contribution in [0.5, 0.6) is 0 Å². The lowest BCUT2D eigenvalue weighted by Crippen LogP contribution is -2.46. The first kappa shape index (κ1) is 13.6. The predicted molar refractivity (Wildman–Crippen MR) is 69.3 cm³/mol. The van der Waals surface area contributed by atoms with Gasteiger partial charge in [-0.1, -0.05) is 11.6 Å². The molecule has 0 unspecified atom stereocenters. The predicted octanol–water partition coefficient (Wildman–Crippen LogP) is 1.61. The van der Waals surface area contributed by atoms with E-state index >= 15 is 0 Å². The van der Waals surface area contributed by atoms with Crippen LogP contribution in [-0.2, 0) is 0 Å². The van der Waals surface area contributed by atoms with Gasteiger partial charge in [0.05, 0.1) is 5.56 Å². The smallest absolute Gasteiger partial charge is 0.404 e. The fourth-order valence-electron chi connectivity index (χ4n) is 2.12. The first-order valence-corrected chi connectivity index (χ1v) is 6.35. The standard InChI is InChI=1S/C12H14ClN3O3/c13-10-9(2-1-5-14-10)11(17)16-6-3-8(4-7-16)15-12(18)19/h1-2,5,8,15H,3-4,6-7H2,(H,18,19). The summed E-state index contributed by atoms with van der Waals surface area (Å²) in [6, 6.07) is 3.21. The number of carbonyl (C=O) groups excluding carboxylic acids is 1. The van der Waals surface area contributed by atoms with Crippen molar-refractivity contribution in [3.8, 4) is 0 Å². The minimum atomic E-state index is -1.03. The van der Waals surface area contributed by atoms with E-state index in [1.165, 1.54) is 6.20 Å². The quantitative estimate of drug-likeness (QED) is 0.808. The van der Waals surface area contributed by atoms with Crippen LogP contribution in [0, 0.1) is 0 Å². The summed E-state index contributed by atoms with van der Waals surface area (Å²) in [4.78, 5) is 28.3. The van der Waals surface area contributed by atoms with Gasteiger partial charge in [0.1, 0.15) is 5.15 Å². The summed E-state index contributed by atoms with van der Waals surface area (Å²) in [5.41, 5.74) is 0.383. The number of halogens is 1. The highest BCUT2D eigenvalue weighted by Crippen LogP contribution is 2.18. The molecule has 0 saturated carbocycles. The molecule has 1 aliphatic rings. The molecule has 19 heavy (non-hydrogen) atoms. The van der Waals surface area contributed by atoms with Crippen LogP contribution < -0.4 is 5.32 Å². The SMILES string of the molecule is O=C(O)NC1CCN(C(=O)c2cccnc2Cl)CC1. The summed E-state index contributed by atoms with van der Waals surface area (Å²) in [5.74, 6) is -0.160. The lowest BCUT2D eigenvalue weighted by atomic mass is 10.0. The van der Waals surface area contributed by atoms with E-state index in [0.29, 0.717) is 31.5 Å². The van der Waals surface area contributed by atoms with Gasteiger partial charge in [0.15, 0.2) is 0 Å². The molecule has 0 bridgehead atoms. The summed E-state index contributed by atoms with van der Waals surface area (Å²) >= 11 is 5.89. The van der Waals surface area contributed by atoms with Crippen molar-refractivity contribution in [3.05, 3.63) is 29.0 Å². The normalized spacial score (nSPS) is 16.2. The maximum atomic E-state index is 12.2. The van der Waals surface area contributed by atoms with Gasteiger partial charge in [0.2, 0.25) is 0 Å². The summed E-state index contributed by atoms with van der Waals surface area (Å²) in [5, 5.41) is 11.3. The second-order valence-electron chi connectivity index (χ2n) is 4.36. The number of nitrogens with zero attached hydrogens (tertiary/aromatic N) is 2. The number of carbonyl (C=O) groups is 2. The second-order valence-corrected chi connectivity index (χ2v) is 4.72. The molecule has 0 spiro atoms. The van der Waals surface area contributed by atoms with Crippen LogP contribution in [0.1, 0.15) is 23.2 Å². The van der Waals surface area contributed by atoms with Crippen molar-refractivity contribution in [3.63, 3.8) is 0 Å². The third kappa shape index (κ3) is 3.35. The molecule has 0 atom stereocenters. The summed E-state index contributed by atoms with van der Waals surface area (Å²) < 4.78 is 0. The molecule has 1 aliphatic heterocycles. The van der Waals surface area contributed by atoms with Gasteiger partial charge < -0.3 is 15.3 Å². The average molecular weight is 284 g/mol. The van der Waals surface area contributed by atoms with Gasteiger partial charge in [-0.25, -0.2) is 9.78 Å². The summed E-state index contributed by atoms with van der Waals surface area (Å²) in [6.07, 6.45) is 1.72. The Morgan fingerprint density at radius 2 is 2.11 bits per heavy atom. The fraction of sp³-hybridized carbons (Fsp3) is 0.417. The Morgan fingerprint density at radius 1 is 1.42 bits per heavy atom. The number of amides is 2. The maximum absolute atomic E-state index is 12.2. The van der Waals surface area contributed by atoms with Gasteiger partial charge in [0.25, 0.3) is 5.91 Å². The molecule has 1 fully saturated rings. The minimum Gasteiger partial charge on any atom is -0.465 e. The van der Waals surface area contributed by atoms with Gasteiger partial charge in [-0.2, -0.15) is 0 Å². The van der Waals surface area contributed by atoms with Crippen molar-refractivity contribution >= 4 is 23.6 Å². The maximum Gasteiger partial charge on any atom is 0.404 e. The highest BCUT2D eigenvalue weighted by atomic mass is 35.5. The van der Waals surface area contributed by atoms with E-state index in [0.717, 1.165) is 0 Å². The van der Waals surface area contributed by atoms with Gasteiger partial charge in [-0.05, 0) is 25.0 Å². The van der Waals surface area contributed by atoms with Gasteiger partial charge in [-0.3, -0.25) is 4.79 Å². The van der Waals surface area contributed by atoms with Crippen molar-refractivity contribution in [2.75, 3.05) is 13.1 Å². The molecule has 1 saturated heterocycles. The minimum absolute atomic E-state index is 0.0917. The van der Waals surface area contributed by atoms with Gasteiger partial charge in [-0.15, -0.1) is 0 Å². The first-order valence-electron chi connectivity index (χ1n) is 5.97. The summed E-state index contributed by atoms with van der Waals surface area (Å²) in [6.45, 7) is 1.02. The van der Waals surface area contributed by atoms with E-state index in [4.69, 9.17) is 16.7 Å². The lowest BCUT2D eigenvalue weighted by molar-refractivity contribution is 0.0705. The first-order chi connectivity index (χ1) is 9.08. The Balaban J connectivity index is 1.96. The molecule has 2 heterocycles. The number of piperidine rings is 1. The van der Waals surface area contributed by atoms with Crippen LogP contribution in [0.3, 0.4) is 0 Å². The lowest BCUT2D eigenvalue weighted by Gasteiger charge is -2.31. The number of rotatable bonds is 2. The number of nitrogens with one attached hydrogen (secondary N) is 1. The molecule has 2 amide bonds. The van der Waals surface area contributed by atoms with E-state index in [-0.39, 0.29) is 17.1 Å². The Hall–Kier alpha value is -1.82. The highest BCUT2D eigenvalue weighted by molar-refractivity contribution is 6.32. The van der Waals surface area contributed by atoms with Crippen molar-refractivity contribution in [2.24, 2.45) is 0 Å². The Bertz CT molecular complexity index is 487. The zero-order valence-electron chi connectivity index (χ0n) is 10.2. The number of hydrogen-bond donors (Lipinski definition) is 2. The van der Waals surface area contributed by atoms with E-state index in [1.54, 1.807) is 17.0 Å². The molecular weight excluding hydrogens is 270 g/mol. The van der Waals surface area contributed by atoms with Crippen molar-refractivity contribution in [1.29, 1.82) is 0 Å². The molecule has 102 valence electrons. The average Bonchev–Trinajstić information content (AvgIpc) is 2.39. The topological polar surface area (TPSA) is 82.5 Å². The number of pyridine rings is 1. The monoisotopic (exact) mass is 283 g/mol. The molecule has 0 aromatic carbocycles. The third-order valence-electron chi connectivity index (χ3n) is 3.10. The largest absolute Gasteiger partial charge is 0.465 e. The molecule has 0 radical (unpaired) electrons. The molecule has 0 aliphatic carbocycles. The number of hydrogen-bond acceptors (Lipinski definition) is 3. The van der Waals surface area contributed by atoms with Crippen LogP contribution in [-0.4, -0.2) is 46.1 Å². The Morgan fingerprint density at radius 3 is 2.68 bits per heavy atom. The molecule has 2 rings (SSSR count). The third-order valence-corrected chi connectivity index (χ3v) is 3.40.